The molecule has 0 bridgehead atoms. The van der Waals surface area contributed by atoms with Gasteiger partial charge in [-0.2, -0.15) is 5.10 Å². The fourth-order valence-electron chi connectivity index (χ4n) is 1.79. The third-order valence-electron chi connectivity index (χ3n) is 2.59. The van der Waals surface area contributed by atoms with Gasteiger partial charge in [-0.3, -0.25) is 0 Å². The summed E-state index contributed by atoms with van der Waals surface area (Å²) in [6.07, 6.45) is 0.685. The fourth-order valence-corrected chi connectivity index (χ4v) is 2.04. The average Bonchev–Trinajstić information content (AvgIpc) is 2.82. The molecule has 0 saturated heterocycles. The second kappa shape index (κ2) is 3.42. The van der Waals surface area contributed by atoms with Gasteiger partial charge in [-0.25, -0.2) is 4.68 Å². The highest BCUT2D eigenvalue weighted by molar-refractivity contribution is 6.34. The summed E-state index contributed by atoms with van der Waals surface area (Å²) in [6, 6.07) is 7.70. The third kappa shape index (κ3) is 1.34. The molecule has 2 aromatic rings. The Bertz CT molecular complexity index is 585. The molecule has 80 valence electrons. The van der Waals surface area contributed by atoms with E-state index in [-0.39, 0.29) is 0 Å². The van der Waals surface area contributed by atoms with Gasteiger partial charge in [0.05, 0.1) is 12.1 Å². The second-order valence-corrected chi connectivity index (χ2v) is 4.09. The van der Waals surface area contributed by atoms with Crippen molar-refractivity contribution in [1.29, 1.82) is 0 Å². The topological polar surface area (TPSA) is 43.1 Å². The van der Waals surface area contributed by atoms with E-state index in [0.29, 0.717) is 6.42 Å². The maximum absolute atomic E-state index is 6.13. The second-order valence-electron chi connectivity index (χ2n) is 3.68. The minimum Gasteiger partial charge on any atom is -0.201 e. The van der Waals surface area contributed by atoms with Crippen molar-refractivity contribution in [3.63, 3.8) is 0 Å². The van der Waals surface area contributed by atoms with Gasteiger partial charge < -0.3 is 0 Å². The summed E-state index contributed by atoms with van der Waals surface area (Å²) < 4.78 is 1.76. The molecule has 0 N–H and O–H groups in total. The van der Waals surface area contributed by atoms with E-state index in [2.05, 4.69) is 15.3 Å². The molecule has 0 amide bonds. The molecule has 1 aromatic heterocycles. The van der Waals surface area contributed by atoms with Gasteiger partial charge in [0.25, 0.3) is 0 Å². The number of hydrogen-bond acceptors (Lipinski definition) is 3. The van der Waals surface area contributed by atoms with Gasteiger partial charge in [0.2, 0.25) is 0 Å². The Morgan fingerprint density at radius 2 is 2.06 bits per heavy atom. The Morgan fingerprint density at radius 1 is 1.25 bits per heavy atom. The van der Waals surface area contributed by atoms with Gasteiger partial charge in [-0.05, 0) is 13.0 Å². The van der Waals surface area contributed by atoms with Crippen molar-refractivity contribution < 1.29 is 0 Å². The molecule has 2 heterocycles. The standard InChI is InChI=1S/C11H9ClN4/c1-7-13-14-11-6-10(15-16(7)11)8-4-2-3-5-9(8)12/h2-5H,6H2,1H3. The van der Waals surface area contributed by atoms with Crippen LogP contribution in [0, 0.1) is 6.92 Å². The first-order valence-electron chi connectivity index (χ1n) is 4.99. The van der Waals surface area contributed by atoms with Crippen LogP contribution in [0.5, 0.6) is 0 Å². The largest absolute Gasteiger partial charge is 0.201 e. The Hall–Kier alpha value is -1.68. The highest BCUT2D eigenvalue weighted by Gasteiger charge is 2.21. The molecular formula is C11H9ClN4. The van der Waals surface area contributed by atoms with E-state index < -0.39 is 0 Å². The Labute approximate surface area is 97.6 Å². The average molecular weight is 233 g/mol. The monoisotopic (exact) mass is 232 g/mol. The molecular weight excluding hydrogens is 224 g/mol. The van der Waals surface area contributed by atoms with Crippen molar-refractivity contribution in [2.24, 2.45) is 5.10 Å². The van der Waals surface area contributed by atoms with Gasteiger partial charge in [0.15, 0.2) is 11.6 Å². The summed E-state index contributed by atoms with van der Waals surface area (Å²) in [5.74, 6) is 1.67. The minimum absolute atomic E-state index is 0.685. The molecule has 3 rings (SSSR count). The van der Waals surface area contributed by atoms with E-state index >= 15 is 0 Å². The summed E-state index contributed by atoms with van der Waals surface area (Å²) in [5, 5.41) is 13.2. The molecule has 0 radical (unpaired) electrons. The van der Waals surface area contributed by atoms with Crippen molar-refractivity contribution in [3.8, 4) is 0 Å². The Balaban J connectivity index is 2.07. The van der Waals surface area contributed by atoms with Crippen LogP contribution >= 0.6 is 11.6 Å². The molecule has 1 aliphatic heterocycles. The van der Waals surface area contributed by atoms with Crippen LogP contribution in [0.25, 0.3) is 0 Å². The first kappa shape index (κ1) is 9.54. The lowest BCUT2D eigenvalue weighted by molar-refractivity contribution is 0.821. The van der Waals surface area contributed by atoms with Gasteiger partial charge in [0, 0.05) is 10.6 Å². The predicted octanol–water partition coefficient (Wildman–Crippen LogP) is 2.05. The summed E-state index contributed by atoms with van der Waals surface area (Å²) in [4.78, 5) is 0. The maximum Gasteiger partial charge on any atom is 0.160 e. The van der Waals surface area contributed by atoms with Crippen LogP contribution in [0.4, 0.5) is 0 Å². The number of halogens is 1. The normalized spacial score (nSPS) is 13.8. The number of benzene rings is 1. The molecule has 5 heteroatoms. The van der Waals surface area contributed by atoms with Crippen LogP contribution in [0.1, 0.15) is 17.2 Å². The van der Waals surface area contributed by atoms with Crippen LogP contribution in [-0.4, -0.2) is 20.6 Å². The van der Waals surface area contributed by atoms with E-state index in [4.69, 9.17) is 11.6 Å². The van der Waals surface area contributed by atoms with Crippen molar-refractivity contribution in [3.05, 3.63) is 46.5 Å². The molecule has 1 aliphatic rings. The molecule has 0 atom stereocenters. The van der Waals surface area contributed by atoms with E-state index in [1.807, 2.05) is 31.2 Å². The fraction of sp³-hybridized carbons (Fsp3) is 0.182. The number of aromatic nitrogens is 3. The SMILES string of the molecule is Cc1nnc2n1N=C(c1ccccc1Cl)C2. The quantitative estimate of drug-likeness (QED) is 0.755. The molecule has 0 fully saturated rings. The van der Waals surface area contributed by atoms with Gasteiger partial charge in [0.1, 0.15) is 0 Å². The highest BCUT2D eigenvalue weighted by atomic mass is 35.5. The molecule has 0 spiro atoms. The Morgan fingerprint density at radius 3 is 2.81 bits per heavy atom. The zero-order chi connectivity index (χ0) is 11.1. The molecule has 1 aromatic carbocycles. The lowest BCUT2D eigenvalue weighted by Crippen LogP contribution is -2.02. The van der Waals surface area contributed by atoms with Crippen LogP contribution < -0.4 is 0 Å². The van der Waals surface area contributed by atoms with Crippen LogP contribution in [0.2, 0.25) is 5.02 Å². The summed E-state index contributed by atoms with van der Waals surface area (Å²) in [7, 11) is 0. The molecule has 4 nitrogen and oxygen atoms in total. The first-order chi connectivity index (χ1) is 7.75. The number of aryl methyl sites for hydroxylation is 1. The number of fused-ring (bicyclic) bond motifs is 1. The summed E-state index contributed by atoms with van der Waals surface area (Å²) >= 11 is 6.13. The zero-order valence-corrected chi connectivity index (χ0v) is 9.44. The first-order valence-corrected chi connectivity index (χ1v) is 5.37. The van der Waals surface area contributed by atoms with Crippen LogP contribution in [0.15, 0.2) is 29.4 Å². The molecule has 0 saturated carbocycles. The van der Waals surface area contributed by atoms with Gasteiger partial charge >= 0.3 is 0 Å². The zero-order valence-electron chi connectivity index (χ0n) is 8.68. The van der Waals surface area contributed by atoms with E-state index in [1.54, 1.807) is 4.68 Å². The van der Waals surface area contributed by atoms with E-state index in [9.17, 15) is 0 Å². The van der Waals surface area contributed by atoms with Crippen molar-refractivity contribution >= 4 is 17.3 Å². The number of hydrogen-bond donors (Lipinski definition) is 0. The molecule has 0 unspecified atom stereocenters. The minimum atomic E-state index is 0.685. The number of nitrogens with zero attached hydrogens (tertiary/aromatic N) is 4. The summed E-state index contributed by atoms with van der Waals surface area (Å²) in [5.41, 5.74) is 1.91. The molecule has 0 aliphatic carbocycles. The third-order valence-corrected chi connectivity index (χ3v) is 2.92. The van der Waals surface area contributed by atoms with Crippen LogP contribution in [0.3, 0.4) is 0 Å². The van der Waals surface area contributed by atoms with Crippen molar-refractivity contribution in [2.45, 2.75) is 13.3 Å². The van der Waals surface area contributed by atoms with Crippen molar-refractivity contribution in [1.82, 2.24) is 14.9 Å². The van der Waals surface area contributed by atoms with Gasteiger partial charge in [-0.1, -0.05) is 29.8 Å². The summed E-state index contributed by atoms with van der Waals surface area (Å²) in [6.45, 7) is 1.88. The lowest BCUT2D eigenvalue weighted by atomic mass is 10.1. The Kier molecular flexibility index (Phi) is 2.04. The van der Waals surface area contributed by atoms with Crippen LogP contribution in [-0.2, 0) is 6.42 Å². The smallest absolute Gasteiger partial charge is 0.160 e. The molecule has 16 heavy (non-hydrogen) atoms. The number of rotatable bonds is 1. The maximum atomic E-state index is 6.13. The van der Waals surface area contributed by atoms with E-state index in [1.165, 1.54) is 0 Å². The highest BCUT2D eigenvalue weighted by Crippen LogP contribution is 2.21. The predicted molar refractivity (Wildman–Crippen MR) is 61.9 cm³/mol. The lowest BCUT2D eigenvalue weighted by Gasteiger charge is -2.01. The van der Waals surface area contributed by atoms with E-state index in [0.717, 1.165) is 27.9 Å². The van der Waals surface area contributed by atoms with Gasteiger partial charge in [-0.15, -0.1) is 10.2 Å². The van der Waals surface area contributed by atoms with Crippen molar-refractivity contribution in [2.75, 3.05) is 0 Å².